The summed E-state index contributed by atoms with van der Waals surface area (Å²) >= 11 is 7.67. The number of aryl methyl sites for hydroxylation is 1. The Morgan fingerprint density at radius 1 is 1.06 bits per heavy atom. The molecular formula is C28H24ClN3OS. The predicted molar refractivity (Wildman–Crippen MR) is 141 cm³/mol. The molecule has 34 heavy (non-hydrogen) atoms. The average Bonchev–Trinajstić information content (AvgIpc) is 3.24. The van der Waals surface area contributed by atoms with Crippen molar-refractivity contribution >= 4 is 43.9 Å². The molecule has 3 aromatic carbocycles. The van der Waals surface area contributed by atoms with Crippen LogP contribution in [-0.2, 0) is 25.9 Å². The zero-order valence-corrected chi connectivity index (χ0v) is 20.2. The first-order valence-electron chi connectivity index (χ1n) is 11.6. The van der Waals surface area contributed by atoms with Crippen molar-refractivity contribution in [1.82, 2.24) is 14.9 Å². The molecule has 0 spiro atoms. The number of hydrogen-bond donors (Lipinski definition) is 1. The van der Waals surface area contributed by atoms with Crippen LogP contribution in [0.2, 0.25) is 5.02 Å². The Morgan fingerprint density at radius 2 is 1.88 bits per heavy atom. The Hall–Kier alpha value is -2.99. The van der Waals surface area contributed by atoms with Gasteiger partial charge in [-0.3, -0.25) is 9.36 Å². The molecule has 0 aliphatic heterocycles. The molecule has 0 radical (unpaired) electrons. The SMILES string of the molecule is O=c1c2c3c(sc2ncn1Cc1cccc2ccccc12)CC(NCc1ccc(Cl)cc1)CC3. The highest BCUT2D eigenvalue weighted by Gasteiger charge is 2.25. The Kier molecular flexibility index (Phi) is 5.69. The molecule has 0 fully saturated rings. The zero-order valence-electron chi connectivity index (χ0n) is 18.6. The number of thiophene rings is 1. The number of halogens is 1. The summed E-state index contributed by atoms with van der Waals surface area (Å²) in [5.74, 6) is 0. The predicted octanol–water partition coefficient (Wildman–Crippen LogP) is 5.96. The first kappa shape index (κ1) is 21.5. The quantitative estimate of drug-likeness (QED) is 0.334. The van der Waals surface area contributed by atoms with Crippen molar-refractivity contribution < 1.29 is 0 Å². The van der Waals surface area contributed by atoms with Crippen molar-refractivity contribution in [3.63, 3.8) is 0 Å². The Morgan fingerprint density at radius 3 is 2.76 bits per heavy atom. The van der Waals surface area contributed by atoms with E-state index in [1.54, 1.807) is 22.2 Å². The van der Waals surface area contributed by atoms with Gasteiger partial charge < -0.3 is 5.32 Å². The molecule has 1 aliphatic rings. The second kappa shape index (κ2) is 8.99. The van der Waals surface area contributed by atoms with Crippen LogP contribution in [0.3, 0.4) is 0 Å². The maximum atomic E-state index is 13.5. The number of nitrogens with one attached hydrogen (secondary N) is 1. The van der Waals surface area contributed by atoms with Gasteiger partial charge in [-0.2, -0.15) is 0 Å². The highest BCUT2D eigenvalue weighted by atomic mass is 35.5. The lowest BCUT2D eigenvalue weighted by atomic mass is 9.93. The molecule has 5 aromatic rings. The number of aromatic nitrogens is 2. The standard InChI is InChI=1S/C28H24ClN3OS/c29-21-10-8-18(9-11-21)15-30-22-12-13-24-25(14-22)34-27-26(24)28(33)32(17-31-27)16-20-6-3-5-19-4-1-2-7-23(19)20/h1-11,17,22,30H,12-16H2. The highest BCUT2D eigenvalue weighted by molar-refractivity contribution is 7.18. The Balaban J connectivity index is 1.26. The summed E-state index contributed by atoms with van der Waals surface area (Å²) in [5, 5.41) is 7.62. The fraction of sp³-hybridized carbons (Fsp3) is 0.214. The minimum Gasteiger partial charge on any atom is -0.310 e. The Labute approximate surface area is 206 Å². The fourth-order valence-electron chi connectivity index (χ4n) is 4.97. The normalized spacial score (nSPS) is 15.6. The van der Waals surface area contributed by atoms with E-state index in [2.05, 4.69) is 47.8 Å². The van der Waals surface area contributed by atoms with Crippen LogP contribution in [0.4, 0.5) is 0 Å². The minimum atomic E-state index is 0.0722. The van der Waals surface area contributed by atoms with E-state index in [-0.39, 0.29) is 5.56 Å². The topological polar surface area (TPSA) is 46.9 Å². The molecule has 0 saturated heterocycles. The molecule has 6 heteroatoms. The van der Waals surface area contributed by atoms with Gasteiger partial charge in [0.05, 0.1) is 18.3 Å². The van der Waals surface area contributed by atoms with Gasteiger partial charge in [0.15, 0.2) is 0 Å². The molecule has 1 atom stereocenters. The van der Waals surface area contributed by atoms with Gasteiger partial charge in [-0.15, -0.1) is 11.3 Å². The van der Waals surface area contributed by atoms with Crippen molar-refractivity contribution in [3.05, 3.63) is 110 Å². The first-order valence-corrected chi connectivity index (χ1v) is 12.8. The summed E-state index contributed by atoms with van der Waals surface area (Å²) in [6, 6.07) is 22.9. The first-order chi connectivity index (χ1) is 16.7. The van der Waals surface area contributed by atoms with Crippen LogP contribution in [-0.4, -0.2) is 15.6 Å². The van der Waals surface area contributed by atoms with Crippen LogP contribution in [0.25, 0.3) is 21.0 Å². The monoisotopic (exact) mass is 485 g/mol. The molecular weight excluding hydrogens is 462 g/mol. The van der Waals surface area contributed by atoms with Crippen LogP contribution in [0.1, 0.15) is 28.0 Å². The lowest BCUT2D eigenvalue weighted by molar-refractivity contribution is 0.463. The van der Waals surface area contributed by atoms with E-state index in [4.69, 9.17) is 16.6 Å². The fourth-order valence-corrected chi connectivity index (χ4v) is 6.35. The van der Waals surface area contributed by atoms with Gasteiger partial charge in [0.2, 0.25) is 0 Å². The Bertz CT molecular complexity index is 1550. The molecule has 6 rings (SSSR count). The number of benzene rings is 3. The highest BCUT2D eigenvalue weighted by Crippen LogP contribution is 2.34. The van der Waals surface area contributed by atoms with Gasteiger partial charge in [-0.1, -0.05) is 66.2 Å². The van der Waals surface area contributed by atoms with Crippen LogP contribution in [0, 0.1) is 0 Å². The molecule has 2 heterocycles. The largest absolute Gasteiger partial charge is 0.310 e. The van der Waals surface area contributed by atoms with Crippen molar-refractivity contribution in [3.8, 4) is 0 Å². The second-order valence-corrected chi connectivity index (χ2v) is 10.5. The summed E-state index contributed by atoms with van der Waals surface area (Å²) in [7, 11) is 0. The number of rotatable bonds is 5. The van der Waals surface area contributed by atoms with Crippen molar-refractivity contribution in [2.45, 2.75) is 38.4 Å². The average molecular weight is 486 g/mol. The van der Waals surface area contributed by atoms with Gasteiger partial charge in [0, 0.05) is 22.5 Å². The van der Waals surface area contributed by atoms with Crippen LogP contribution in [0.5, 0.6) is 0 Å². The lowest BCUT2D eigenvalue weighted by Gasteiger charge is -2.23. The molecule has 4 nitrogen and oxygen atoms in total. The van der Waals surface area contributed by atoms with Gasteiger partial charge in [-0.05, 0) is 58.9 Å². The summed E-state index contributed by atoms with van der Waals surface area (Å²) < 4.78 is 1.77. The third-order valence-corrected chi connectivity index (χ3v) is 8.18. The maximum absolute atomic E-state index is 13.5. The minimum absolute atomic E-state index is 0.0722. The molecule has 1 N–H and O–H groups in total. The van der Waals surface area contributed by atoms with Gasteiger partial charge in [0.25, 0.3) is 5.56 Å². The summed E-state index contributed by atoms with van der Waals surface area (Å²) in [6.45, 7) is 1.34. The van der Waals surface area contributed by atoms with E-state index in [0.717, 1.165) is 46.6 Å². The molecule has 0 amide bonds. The van der Waals surface area contributed by atoms with Crippen molar-refractivity contribution in [2.24, 2.45) is 0 Å². The van der Waals surface area contributed by atoms with Gasteiger partial charge in [0.1, 0.15) is 4.83 Å². The zero-order chi connectivity index (χ0) is 23.1. The number of hydrogen-bond acceptors (Lipinski definition) is 4. The van der Waals surface area contributed by atoms with E-state index in [1.165, 1.54) is 26.8 Å². The third-order valence-electron chi connectivity index (χ3n) is 6.76. The molecule has 0 bridgehead atoms. The van der Waals surface area contributed by atoms with E-state index in [1.807, 2.05) is 24.3 Å². The molecule has 1 aliphatic carbocycles. The third kappa shape index (κ3) is 4.05. The second-order valence-electron chi connectivity index (χ2n) is 8.95. The molecule has 0 saturated carbocycles. The van der Waals surface area contributed by atoms with E-state index in [9.17, 15) is 4.79 Å². The van der Waals surface area contributed by atoms with Crippen molar-refractivity contribution in [1.29, 1.82) is 0 Å². The summed E-state index contributed by atoms with van der Waals surface area (Å²) in [4.78, 5) is 20.4. The maximum Gasteiger partial charge on any atom is 0.262 e. The number of fused-ring (bicyclic) bond motifs is 4. The molecule has 170 valence electrons. The van der Waals surface area contributed by atoms with E-state index < -0.39 is 0 Å². The van der Waals surface area contributed by atoms with Crippen LogP contribution < -0.4 is 10.9 Å². The smallest absolute Gasteiger partial charge is 0.262 e. The molecule has 2 aromatic heterocycles. The van der Waals surface area contributed by atoms with Crippen LogP contribution >= 0.6 is 22.9 Å². The van der Waals surface area contributed by atoms with Crippen molar-refractivity contribution in [2.75, 3.05) is 0 Å². The molecule has 1 unspecified atom stereocenters. The van der Waals surface area contributed by atoms with Gasteiger partial charge >= 0.3 is 0 Å². The van der Waals surface area contributed by atoms with Crippen LogP contribution in [0.15, 0.2) is 77.9 Å². The van der Waals surface area contributed by atoms with E-state index in [0.29, 0.717) is 12.6 Å². The summed E-state index contributed by atoms with van der Waals surface area (Å²) in [5.41, 5.74) is 3.64. The van der Waals surface area contributed by atoms with E-state index >= 15 is 0 Å². The van der Waals surface area contributed by atoms with Gasteiger partial charge in [-0.25, -0.2) is 4.98 Å². The number of nitrogens with zero attached hydrogens (tertiary/aromatic N) is 2. The lowest BCUT2D eigenvalue weighted by Crippen LogP contribution is -2.33. The summed E-state index contributed by atoms with van der Waals surface area (Å²) in [6.07, 6.45) is 4.57.